The van der Waals surface area contributed by atoms with Gasteiger partial charge in [-0.1, -0.05) is 43.2 Å². The number of rotatable bonds is 3. The van der Waals surface area contributed by atoms with E-state index in [0.717, 1.165) is 61.4 Å². The molecule has 2 saturated heterocycles. The van der Waals surface area contributed by atoms with Crippen LogP contribution in [0.1, 0.15) is 54.0 Å². The van der Waals surface area contributed by atoms with Gasteiger partial charge in [-0.25, -0.2) is 4.98 Å². The summed E-state index contributed by atoms with van der Waals surface area (Å²) in [5, 5.41) is 11.9. The second kappa shape index (κ2) is 8.91. The normalized spacial score (nSPS) is 27.1. The largest absolute Gasteiger partial charge is 0.385 e. The molecule has 3 aliphatic rings. The fourth-order valence-corrected chi connectivity index (χ4v) is 6.38. The van der Waals surface area contributed by atoms with E-state index in [1.807, 2.05) is 58.9 Å². The molecule has 2 aromatic heterocycles. The number of hydrogen-bond acceptors (Lipinski definition) is 6. The van der Waals surface area contributed by atoms with Gasteiger partial charge in [-0.15, -0.1) is 0 Å². The lowest BCUT2D eigenvalue weighted by Crippen LogP contribution is -2.59. The summed E-state index contributed by atoms with van der Waals surface area (Å²) in [6.45, 7) is 5.22. The van der Waals surface area contributed by atoms with Gasteiger partial charge in [-0.05, 0) is 31.7 Å². The maximum atomic E-state index is 14.1. The average Bonchev–Trinajstić information content (AvgIpc) is 3.28. The highest BCUT2D eigenvalue weighted by atomic mass is 16.5. The lowest BCUT2D eigenvalue weighted by Gasteiger charge is -2.52. The van der Waals surface area contributed by atoms with Crippen LogP contribution in [0.4, 0.5) is 5.82 Å². The van der Waals surface area contributed by atoms with Gasteiger partial charge in [-0.2, -0.15) is 0 Å². The molecule has 2 aliphatic heterocycles. The molecule has 0 bridgehead atoms. The van der Waals surface area contributed by atoms with E-state index >= 15 is 0 Å². The second-order valence-corrected chi connectivity index (χ2v) is 10.1. The number of benzene rings is 1. The molecule has 1 aliphatic carbocycles. The number of carbonyl (C=O) groups is 1. The summed E-state index contributed by atoms with van der Waals surface area (Å²) in [4.78, 5) is 27.7. The van der Waals surface area contributed by atoms with Crippen molar-refractivity contribution in [1.29, 1.82) is 0 Å². The Labute approximate surface area is 205 Å². The van der Waals surface area contributed by atoms with Crippen LogP contribution in [0, 0.1) is 12.8 Å². The van der Waals surface area contributed by atoms with Crippen molar-refractivity contribution in [3.63, 3.8) is 0 Å². The van der Waals surface area contributed by atoms with E-state index < -0.39 is 5.60 Å². The van der Waals surface area contributed by atoms with E-state index in [-0.39, 0.29) is 17.9 Å². The van der Waals surface area contributed by atoms with Crippen molar-refractivity contribution in [2.75, 3.05) is 37.7 Å². The third-order valence-electron chi connectivity index (χ3n) is 8.15. The number of carbonyl (C=O) groups excluding carboxylic acids is 1. The van der Waals surface area contributed by atoms with Crippen molar-refractivity contribution in [2.24, 2.45) is 5.92 Å². The smallest absolute Gasteiger partial charge is 0.290 e. The van der Waals surface area contributed by atoms with Crippen molar-refractivity contribution in [3.05, 3.63) is 59.8 Å². The van der Waals surface area contributed by atoms with Crippen molar-refractivity contribution in [3.8, 4) is 0 Å². The van der Waals surface area contributed by atoms with E-state index in [4.69, 9.17) is 9.72 Å². The van der Waals surface area contributed by atoms with Gasteiger partial charge in [0.15, 0.2) is 5.82 Å². The number of aromatic nitrogens is 3. The molecular weight excluding hydrogens is 442 g/mol. The fourth-order valence-electron chi connectivity index (χ4n) is 6.38. The highest BCUT2D eigenvalue weighted by molar-refractivity contribution is 5.94. The molecule has 184 valence electrons. The van der Waals surface area contributed by atoms with E-state index in [0.29, 0.717) is 32.0 Å². The first-order valence-corrected chi connectivity index (χ1v) is 12.8. The first-order chi connectivity index (χ1) is 17.1. The molecule has 35 heavy (non-hydrogen) atoms. The first-order valence-electron chi connectivity index (χ1n) is 12.8. The molecule has 8 nitrogen and oxygen atoms in total. The van der Waals surface area contributed by atoms with Crippen LogP contribution in [-0.2, 0) is 10.3 Å². The Morgan fingerprint density at radius 2 is 1.89 bits per heavy atom. The molecule has 6 rings (SSSR count). The number of imidazole rings is 1. The number of morpholine rings is 1. The summed E-state index contributed by atoms with van der Waals surface area (Å²) in [6.07, 6.45) is 8.23. The van der Waals surface area contributed by atoms with Crippen molar-refractivity contribution in [2.45, 2.75) is 50.7 Å². The Morgan fingerprint density at radius 3 is 2.69 bits per heavy atom. The molecule has 1 saturated carbocycles. The van der Waals surface area contributed by atoms with Crippen molar-refractivity contribution in [1.82, 2.24) is 19.3 Å². The van der Waals surface area contributed by atoms with Gasteiger partial charge in [0.2, 0.25) is 5.82 Å². The molecule has 4 heterocycles. The van der Waals surface area contributed by atoms with Crippen LogP contribution >= 0.6 is 0 Å². The number of nitrogens with zero attached hydrogens (tertiary/aromatic N) is 5. The second-order valence-electron chi connectivity index (χ2n) is 10.1. The van der Waals surface area contributed by atoms with Crippen LogP contribution in [0.5, 0.6) is 0 Å². The Morgan fingerprint density at radius 1 is 1.11 bits per heavy atom. The topological polar surface area (TPSA) is 83.2 Å². The standard InChI is InChI=1S/C27H33N5O3/c1-19-18-32-23(17-28-19)24(30-13-15-35-16-14-30)29-25(32)26(33)31-12-11-27(34,20-7-3-2-4-8-20)21-9-5-6-10-22(21)31/h2-4,7-8,17-18,21-22,34H,5-6,9-16H2,1H3/t21-,22?,27-/m1/s1. The molecule has 1 N–H and O–H groups in total. The SMILES string of the molecule is Cc1cn2c(C(=O)N3CC[C@@](O)(c4ccccc4)[C@@H]4CCCCC43)nc(N3CCOCC3)c2cn1. The third-order valence-corrected chi connectivity index (χ3v) is 8.15. The number of hydrogen-bond donors (Lipinski definition) is 1. The zero-order valence-electron chi connectivity index (χ0n) is 20.3. The van der Waals surface area contributed by atoms with Crippen molar-refractivity contribution >= 4 is 17.2 Å². The molecule has 0 radical (unpaired) electrons. The minimum Gasteiger partial charge on any atom is -0.385 e. The number of anilines is 1. The summed E-state index contributed by atoms with van der Waals surface area (Å²) in [6, 6.07) is 10.0. The number of aryl methyl sites for hydroxylation is 1. The molecule has 3 aromatic rings. The van der Waals surface area contributed by atoms with Crippen LogP contribution in [0.15, 0.2) is 42.7 Å². The van der Waals surface area contributed by atoms with Gasteiger partial charge in [-0.3, -0.25) is 14.2 Å². The van der Waals surface area contributed by atoms with E-state index in [1.165, 1.54) is 0 Å². The summed E-state index contributed by atoms with van der Waals surface area (Å²) in [5.41, 5.74) is 1.74. The van der Waals surface area contributed by atoms with E-state index in [1.54, 1.807) is 0 Å². The maximum Gasteiger partial charge on any atom is 0.290 e. The molecule has 1 unspecified atom stereocenters. The summed E-state index contributed by atoms with van der Waals surface area (Å²) in [5.74, 6) is 1.19. The van der Waals surface area contributed by atoms with Gasteiger partial charge in [0.25, 0.3) is 5.91 Å². The Kier molecular flexibility index (Phi) is 5.73. The van der Waals surface area contributed by atoms with Crippen LogP contribution in [0.3, 0.4) is 0 Å². The quantitative estimate of drug-likeness (QED) is 0.627. The minimum atomic E-state index is -0.905. The van der Waals surface area contributed by atoms with Crippen molar-refractivity contribution < 1.29 is 14.6 Å². The monoisotopic (exact) mass is 475 g/mol. The number of likely N-dealkylation sites (tertiary alicyclic amines) is 1. The number of aliphatic hydroxyl groups is 1. The van der Waals surface area contributed by atoms with Crippen LogP contribution in [-0.4, -0.2) is 69.2 Å². The average molecular weight is 476 g/mol. The molecule has 3 fully saturated rings. The Hall–Kier alpha value is -2.97. The summed E-state index contributed by atoms with van der Waals surface area (Å²) < 4.78 is 7.43. The lowest BCUT2D eigenvalue weighted by molar-refractivity contribution is -0.110. The highest BCUT2D eigenvalue weighted by Crippen LogP contribution is 2.47. The van der Waals surface area contributed by atoms with Crippen LogP contribution in [0.25, 0.3) is 5.52 Å². The number of piperidine rings is 1. The zero-order valence-corrected chi connectivity index (χ0v) is 20.3. The fraction of sp³-hybridized carbons (Fsp3) is 0.519. The molecule has 8 heteroatoms. The van der Waals surface area contributed by atoms with Gasteiger partial charge in [0, 0.05) is 37.8 Å². The summed E-state index contributed by atoms with van der Waals surface area (Å²) >= 11 is 0. The molecule has 1 aromatic carbocycles. The maximum absolute atomic E-state index is 14.1. The minimum absolute atomic E-state index is 0.00248. The molecule has 3 atom stereocenters. The zero-order chi connectivity index (χ0) is 24.0. The first kappa shape index (κ1) is 22.5. The molecule has 1 amide bonds. The van der Waals surface area contributed by atoms with Crippen LogP contribution in [0.2, 0.25) is 0 Å². The Bertz CT molecular complexity index is 1220. The Balaban J connectivity index is 1.37. The highest BCUT2D eigenvalue weighted by Gasteiger charge is 2.50. The molecular formula is C27H33N5O3. The predicted octanol–water partition coefficient (Wildman–Crippen LogP) is 3.17. The predicted molar refractivity (Wildman–Crippen MR) is 132 cm³/mol. The van der Waals surface area contributed by atoms with Gasteiger partial charge >= 0.3 is 0 Å². The number of amides is 1. The number of ether oxygens (including phenoxy) is 1. The van der Waals surface area contributed by atoms with Crippen LogP contribution < -0.4 is 4.90 Å². The summed E-state index contributed by atoms with van der Waals surface area (Å²) in [7, 11) is 0. The van der Waals surface area contributed by atoms with Gasteiger partial charge < -0.3 is 19.6 Å². The van der Waals surface area contributed by atoms with Gasteiger partial charge in [0.05, 0.1) is 30.7 Å². The number of fused-ring (bicyclic) bond motifs is 2. The van der Waals surface area contributed by atoms with E-state index in [9.17, 15) is 9.90 Å². The molecule has 0 spiro atoms. The third kappa shape index (κ3) is 3.79. The lowest BCUT2D eigenvalue weighted by atomic mass is 9.66. The van der Waals surface area contributed by atoms with Gasteiger partial charge in [0.1, 0.15) is 5.52 Å². The van der Waals surface area contributed by atoms with E-state index in [2.05, 4.69) is 9.88 Å².